The molecule has 9 nitrogen and oxygen atoms in total. The van der Waals surface area contributed by atoms with E-state index in [1.54, 1.807) is 16.8 Å². The van der Waals surface area contributed by atoms with Gasteiger partial charge in [-0.25, -0.2) is 17.9 Å². The predicted octanol–water partition coefficient (Wildman–Crippen LogP) is 7.15. The highest BCUT2D eigenvalue weighted by molar-refractivity contribution is 7.90. The highest BCUT2D eigenvalue weighted by atomic mass is 35.5. The zero-order valence-corrected chi connectivity index (χ0v) is 28.3. The molecule has 1 saturated heterocycles. The van der Waals surface area contributed by atoms with Gasteiger partial charge in [0, 0.05) is 29.0 Å². The normalized spacial score (nSPS) is 14.9. The summed E-state index contributed by atoms with van der Waals surface area (Å²) in [5.41, 5.74) is 4.23. The van der Waals surface area contributed by atoms with Crippen LogP contribution in [0.15, 0.2) is 77.7 Å². The Hall–Kier alpha value is -3.99. The monoisotopic (exact) mass is 661 g/mol. The number of sulfone groups is 1. The molecule has 0 bridgehead atoms. The van der Waals surface area contributed by atoms with E-state index in [4.69, 9.17) is 16.7 Å². The van der Waals surface area contributed by atoms with Gasteiger partial charge in [0.2, 0.25) is 0 Å². The van der Waals surface area contributed by atoms with Crippen molar-refractivity contribution in [1.29, 1.82) is 0 Å². The summed E-state index contributed by atoms with van der Waals surface area (Å²) in [5, 5.41) is 14.1. The quantitative estimate of drug-likeness (QED) is 0.173. The molecule has 0 aliphatic carbocycles. The van der Waals surface area contributed by atoms with Crippen molar-refractivity contribution in [3.63, 3.8) is 0 Å². The molecule has 3 aromatic carbocycles. The Morgan fingerprint density at radius 3 is 2.20 bits per heavy atom. The van der Waals surface area contributed by atoms with E-state index >= 15 is 0 Å². The zero-order valence-electron chi connectivity index (χ0n) is 26.7. The second-order valence-electron chi connectivity index (χ2n) is 13.0. The summed E-state index contributed by atoms with van der Waals surface area (Å²) < 4.78 is 25.8. The smallest absolute Gasteiger partial charge is 0.317 e. The largest absolute Gasteiger partial charge is 0.324 e. The number of anilines is 2. The van der Waals surface area contributed by atoms with Gasteiger partial charge >= 0.3 is 6.03 Å². The molecule has 1 unspecified atom stereocenters. The van der Waals surface area contributed by atoms with Crippen LogP contribution in [0.3, 0.4) is 0 Å². The van der Waals surface area contributed by atoms with Crippen molar-refractivity contribution in [2.75, 3.05) is 30.0 Å². The van der Waals surface area contributed by atoms with Crippen LogP contribution >= 0.6 is 11.6 Å². The van der Waals surface area contributed by atoms with Gasteiger partial charge in [0.25, 0.3) is 0 Å². The lowest BCUT2D eigenvalue weighted by Crippen LogP contribution is -2.33. The number of aromatic nitrogens is 2. The van der Waals surface area contributed by atoms with Crippen LogP contribution in [0.2, 0.25) is 5.02 Å². The van der Waals surface area contributed by atoms with Gasteiger partial charge in [-0.15, -0.1) is 0 Å². The molecule has 46 heavy (non-hydrogen) atoms. The van der Waals surface area contributed by atoms with E-state index in [2.05, 4.69) is 36.7 Å². The lowest BCUT2D eigenvalue weighted by Gasteiger charge is -2.30. The van der Waals surface area contributed by atoms with Crippen LogP contribution in [0, 0.1) is 12.8 Å². The van der Waals surface area contributed by atoms with Gasteiger partial charge in [0.05, 0.1) is 27.2 Å². The van der Waals surface area contributed by atoms with Crippen molar-refractivity contribution in [1.82, 2.24) is 15.1 Å². The third-order valence-electron chi connectivity index (χ3n) is 8.30. The van der Waals surface area contributed by atoms with Crippen molar-refractivity contribution in [3.8, 4) is 5.69 Å². The van der Waals surface area contributed by atoms with Crippen LogP contribution in [-0.2, 0) is 15.3 Å². The standard InChI is InChI=1S/C35H40ClN5O4S/c1-22-6-12-26(13-7-22)41-31(21-30(40-41)35(2,3)4)39-34(43)38-25-10-8-23(9-11-25)32(24-16-18-37-19-17-24)33(42)28-15-14-27(20-29(28)36)46(5,44)45/h6-15,20-21,24,32,37H,16-19H2,1-5H3,(H2,38,39,43). The number of piperidine rings is 1. The Balaban J connectivity index is 1.37. The number of rotatable bonds is 8. The Labute approximate surface area is 275 Å². The number of carbonyl (C=O) groups is 2. The Morgan fingerprint density at radius 1 is 0.957 bits per heavy atom. The van der Waals surface area contributed by atoms with E-state index in [1.807, 2.05) is 49.4 Å². The minimum Gasteiger partial charge on any atom is -0.317 e. The molecular weight excluding hydrogens is 622 g/mol. The van der Waals surface area contributed by atoms with Gasteiger partial charge in [-0.2, -0.15) is 5.10 Å². The molecule has 1 fully saturated rings. The Morgan fingerprint density at radius 2 is 1.61 bits per heavy atom. The molecule has 1 aliphatic heterocycles. The summed E-state index contributed by atoms with van der Waals surface area (Å²) in [7, 11) is -3.47. The average molecular weight is 662 g/mol. The molecule has 1 aliphatic rings. The van der Waals surface area contributed by atoms with Crippen molar-refractivity contribution < 1.29 is 18.0 Å². The van der Waals surface area contributed by atoms with Gasteiger partial charge in [-0.05, 0) is 86.8 Å². The number of ketones is 1. The number of carbonyl (C=O) groups excluding carboxylic acids is 2. The second-order valence-corrected chi connectivity index (χ2v) is 15.4. The van der Waals surface area contributed by atoms with Crippen LogP contribution in [0.25, 0.3) is 5.69 Å². The van der Waals surface area contributed by atoms with Crippen LogP contribution < -0.4 is 16.0 Å². The summed E-state index contributed by atoms with van der Waals surface area (Å²) in [6.45, 7) is 9.82. The van der Waals surface area contributed by atoms with Crippen molar-refractivity contribution in [2.45, 2.75) is 56.8 Å². The van der Waals surface area contributed by atoms with Gasteiger partial charge in [-0.3, -0.25) is 10.1 Å². The van der Waals surface area contributed by atoms with Gasteiger partial charge in [0.15, 0.2) is 15.6 Å². The van der Waals surface area contributed by atoms with E-state index in [0.29, 0.717) is 17.1 Å². The molecule has 3 N–H and O–H groups in total. The van der Waals surface area contributed by atoms with Gasteiger partial charge in [-0.1, -0.05) is 62.2 Å². The molecule has 5 rings (SSSR count). The number of benzene rings is 3. The SMILES string of the molecule is Cc1ccc(-n2nc(C(C)(C)C)cc2NC(=O)Nc2ccc(C(C(=O)c3ccc(S(C)(=O)=O)cc3Cl)C3CCNCC3)cc2)cc1. The molecule has 1 aromatic heterocycles. The summed E-state index contributed by atoms with van der Waals surface area (Å²) in [5.74, 6) is -0.0283. The maximum Gasteiger partial charge on any atom is 0.324 e. The maximum atomic E-state index is 14.0. The number of halogens is 1. The molecule has 2 heterocycles. The second kappa shape index (κ2) is 13.4. The van der Waals surface area contributed by atoms with Gasteiger partial charge < -0.3 is 10.6 Å². The van der Waals surface area contributed by atoms with E-state index in [0.717, 1.165) is 54.7 Å². The van der Waals surface area contributed by atoms with Crippen molar-refractivity contribution >= 4 is 44.8 Å². The van der Waals surface area contributed by atoms with E-state index in [9.17, 15) is 18.0 Å². The van der Waals surface area contributed by atoms with Crippen LogP contribution in [-0.4, -0.2) is 49.4 Å². The summed E-state index contributed by atoms with van der Waals surface area (Å²) >= 11 is 6.47. The molecule has 1 atom stereocenters. The third kappa shape index (κ3) is 7.68. The van der Waals surface area contributed by atoms with Crippen molar-refractivity contribution in [2.24, 2.45) is 5.92 Å². The summed E-state index contributed by atoms with van der Waals surface area (Å²) in [6.07, 6.45) is 2.72. The van der Waals surface area contributed by atoms with Gasteiger partial charge in [0.1, 0.15) is 5.82 Å². The minimum atomic E-state index is -3.47. The summed E-state index contributed by atoms with van der Waals surface area (Å²) in [4.78, 5) is 27.2. The first kappa shape index (κ1) is 33.4. The summed E-state index contributed by atoms with van der Waals surface area (Å²) in [6, 6.07) is 20.9. The molecule has 4 aromatic rings. The van der Waals surface area contributed by atoms with E-state index < -0.39 is 21.8 Å². The number of Topliss-reactive ketones (excluding diaryl/α,β-unsaturated/α-hetero) is 1. The number of urea groups is 1. The topological polar surface area (TPSA) is 122 Å². The lowest BCUT2D eigenvalue weighted by molar-refractivity contribution is 0.0916. The number of amides is 2. The van der Waals surface area contributed by atoms with Crippen LogP contribution in [0.1, 0.15) is 66.7 Å². The van der Waals surface area contributed by atoms with Crippen LogP contribution in [0.5, 0.6) is 0 Å². The first-order chi connectivity index (χ1) is 21.7. The highest BCUT2D eigenvalue weighted by Gasteiger charge is 2.33. The molecule has 11 heteroatoms. The number of aryl methyl sites for hydroxylation is 1. The highest BCUT2D eigenvalue weighted by Crippen LogP contribution is 2.37. The number of hydrogen-bond acceptors (Lipinski definition) is 6. The molecule has 2 amide bonds. The maximum absolute atomic E-state index is 14.0. The Kier molecular flexibility index (Phi) is 9.72. The molecular formula is C35H40ClN5O4S. The number of hydrogen-bond donors (Lipinski definition) is 3. The minimum absolute atomic E-state index is 0.0673. The molecule has 0 spiro atoms. The fraction of sp³-hybridized carbons (Fsp3) is 0.343. The predicted molar refractivity (Wildman–Crippen MR) is 183 cm³/mol. The fourth-order valence-corrected chi connectivity index (χ4v) is 6.67. The fourth-order valence-electron chi connectivity index (χ4n) is 5.68. The molecule has 0 radical (unpaired) electrons. The first-order valence-corrected chi connectivity index (χ1v) is 17.6. The van der Waals surface area contributed by atoms with E-state index in [-0.39, 0.29) is 27.0 Å². The average Bonchev–Trinajstić information content (AvgIpc) is 3.43. The lowest BCUT2D eigenvalue weighted by atomic mass is 9.76. The third-order valence-corrected chi connectivity index (χ3v) is 9.72. The first-order valence-electron chi connectivity index (χ1n) is 15.3. The Bertz CT molecular complexity index is 1840. The molecule has 0 saturated carbocycles. The van der Waals surface area contributed by atoms with Crippen LogP contribution in [0.4, 0.5) is 16.3 Å². The molecule has 242 valence electrons. The zero-order chi connectivity index (χ0) is 33.2. The number of nitrogens with zero attached hydrogens (tertiary/aromatic N) is 2. The van der Waals surface area contributed by atoms with E-state index in [1.165, 1.54) is 18.2 Å². The van der Waals surface area contributed by atoms with Crippen molar-refractivity contribution in [3.05, 3.63) is 100 Å². The number of nitrogens with one attached hydrogen (secondary N) is 3.